The first-order valence-electron chi connectivity index (χ1n) is 13.2. The SMILES string of the molecule is CC(P(=O)(O)O)P(=O)(O)O.ClCCl.O=C(O)C(C(C(=O)O)P(=O)(O)O)P(=O)(O)O.O=C(O)CC(P(=O)(O)O)P(=O)(O)O.O=P(O)(O)CC(P(=O)(O)O)P(=O)(O)O.O=[P+](O)O[P+](=O)O. The number of carboxylic acids is 3. The van der Waals surface area contributed by atoms with E-state index in [2.05, 4.69) is 4.31 Å². The summed E-state index contributed by atoms with van der Waals surface area (Å²) in [4.78, 5) is 198. The van der Waals surface area contributed by atoms with Gasteiger partial charge in [0.2, 0.25) is 0 Å². The second kappa shape index (κ2) is 30.1. The lowest BCUT2D eigenvalue weighted by atomic mass is 10.3. The normalized spacial score (nSPS) is 14.3. The smallest absolute Gasteiger partial charge is 0.481 e. The molecule has 0 aromatic heterocycles. The van der Waals surface area contributed by atoms with Crippen LogP contribution in [0, 0.1) is 0 Å². The van der Waals surface area contributed by atoms with E-state index < -0.39 is 143 Å². The molecule has 380 valence electrons. The molecular weight excluding hydrogens is 1160 g/mol. The van der Waals surface area contributed by atoms with Crippen LogP contribution in [-0.4, -0.2) is 170 Å². The van der Waals surface area contributed by atoms with Crippen LogP contribution >= 0.6 is 108 Å². The molecular formula is C12H37Cl2O38P11+2. The molecule has 0 aliphatic rings. The number of rotatable bonds is 17. The van der Waals surface area contributed by atoms with Crippen molar-refractivity contribution in [2.45, 2.75) is 40.9 Å². The van der Waals surface area contributed by atoms with Crippen molar-refractivity contribution in [1.29, 1.82) is 0 Å². The highest BCUT2D eigenvalue weighted by atomic mass is 35.5. The molecule has 4 unspecified atom stereocenters. The third kappa shape index (κ3) is 42.3. The first kappa shape index (κ1) is 74.9. The van der Waals surface area contributed by atoms with E-state index in [9.17, 15) is 64.6 Å². The Kier molecular flexibility index (Phi) is 35.8. The third-order valence-corrected chi connectivity index (χ3v) is 21.4. The molecule has 0 fully saturated rings. The van der Waals surface area contributed by atoms with Gasteiger partial charge in [-0.3, -0.25) is 55.5 Å². The zero-order valence-corrected chi connectivity index (χ0v) is 40.9. The first-order valence-corrected chi connectivity index (χ1v) is 31.8. The molecule has 63 heavy (non-hydrogen) atoms. The molecule has 23 N–H and O–H groups in total. The van der Waals surface area contributed by atoms with Gasteiger partial charge >= 0.3 is 103 Å². The Hall–Kier alpha value is 0.420. The first-order chi connectivity index (χ1) is 27.0. The second-order valence-electron chi connectivity index (χ2n) is 9.98. The Morgan fingerprint density at radius 3 is 0.746 bits per heavy atom. The van der Waals surface area contributed by atoms with Crippen molar-refractivity contribution >= 4 is 126 Å². The number of carboxylic acid groups (broad SMARTS) is 3. The Balaban J connectivity index is -0.000000162. The summed E-state index contributed by atoms with van der Waals surface area (Å²) < 4.78 is 116. The van der Waals surface area contributed by atoms with E-state index in [1.807, 2.05) is 0 Å². The topological polar surface area (TPSA) is 714 Å². The minimum Gasteiger partial charge on any atom is -0.481 e. The number of hydrogen-bond acceptors (Lipinski definition) is 15. The Labute approximate surface area is 359 Å². The van der Waals surface area contributed by atoms with Crippen LogP contribution in [0.4, 0.5) is 0 Å². The number of halogens is 2. The number of carbonyl (C=O) groups is 3. The molecule has 0 spiro atoms. The summed E-state index contributed by atoms with van der Waals surface area (Å²) in [6.45, 7) is 0.807. The molecule has 0 aromatic rings. The van der Waals surface area contributed by atoms with Crippen LogP contribution in [0.1, 0.15) is 13.3 Å². The fourth-order valence-electron chi connectivity index (χ4n) is 2.39. The summed E-state index contributed by atoms with van der Waals surface area (Å²) >= 11 is 9.53. The maximum Gasteiger partial charge on any atom is 0.745 e. The van der Waals surface area contributed by atoms with Gasteiger partial charge in [0.15, 0.2) is 31.8 Å². The summed E-state index contributed by atoms with van der Waals surface area (Å²) in [5.41, 5.74) is -5.99. The highest BCUT2D eigenvalue weighted by molar-refractivity contribution is 7.72. The zero-order chi connectivity index (χ0) is 53.1. The molecule has 0 saturated heterocycles. The number of aliphatic carboxylic acids is 3. The second-order valence-corrected chi connectivity index (χ2v) is 29.9. The molecule has 38 nitrogen and oxygen atoms in total. The fraction of sp³-hybridized carbons (Fsp3) is 0.750. The Bertz CT molecular complexity index is 1830. The van der Waals surface area contributed by atoms with Gasteiger partial charge in [-0.1, -0.05) is 0 Å². The average molecular weight is 1200 g/mol. The van der Waals surface area contributed by atoms with Gasteiger partial charge in [-0.05, 0) is 6.92 Å². The maximum absolute atomic E-state index is 10.7. The van der Waals surface area contributed by atoms with Crippen molar-refractivity contribution in [1.82, 2.24) is 0 Å². The van der Waals surface area contributed by atoms with Crippen LogP contribution in [0.5, 0.6) is 0 Å². The molecule has 0 aliphatic heterocycles. The minimum absolute atomic E-state index is 0.194. The molecule has 4 atom stereocenters. The zero-order valence-electron chi connectivity index (χ0n) is 29.6. The van der Waals surface area contributed by atoms with Crippen molar-refractivity contribution in [2.24, 2.45) is 0 Å². The summed E-state index contributed by atoms with van der Waals surface area (Å²) in [7, 11) is -51.7. The molecule has 0 saturated carbocycles. The highest BCUT2D eigenvalue weighted by Crippen LogP contribution is 2.64. The summed E-state index contributed by atoms with van der Waals surface area (Å²) in [5, 5.41) is 18.1. The summed E-state index contributed by atoms with van der Waals surface area (Å²) in [6.07, 6.45) is -2.82. The van der Waals surface area contributed by atoms with Crippen molar-refractivity contribution in [3.05, 3.63) is 0 Å². The van der Waals surface area contributed by atoms with Gasteiger partial charge in [-0.15, -0.1) is 33.0 Å². The van der Waals surface area contributed by atoms with Crippen LogP contribution in [0.2, 0.25) is 0 Å². The van der Waals surface area contributed by atoms with Gasteiger partial charge in [-0.2, -0.15) is 0 Å². The van der Waals surface area contributed by atoms with E-state index >= 15 is 0 Å². The number of alkyl halides is 2. The molecule has 0 heterocycles. The van der Waals surface area contributed by atoms with Crippen LogP contribution in [0.15, 0.2) is 0 Å². The molecule has 0 rings (SSSR count). The summed E-state index contributed by atoms with van der Waals surface area (Å²) in [6, 6.07) is 0. The quantitative estimate of drug-likeness (QED) is 0.0535. The minimum atomic E-state index is -5.51. The van der Waals surface area contributed by atoms with Crippen molar-refractivity contribution < 1.29 is 182 Å². The van der Waals surface area contributed by atoms with Gasteiger partial charge in [0.05, 0.1) is 17.9 Å². The molecule has 0 bridgehead atoms. The maximum atomic E-state index is 10.7. The molecule has 51 heteroatoms. The molecule has 0 amide bonds. The van der Waals surface area contributed by atoms with Crippen LogP contribution < -0.4 is 0 Å². The van der Waals surface area contributed by atoms with Gasteiger partial charge in [-0.25, -0.2) is 0 Å². The van der Waals surface area contributed by atoms with Crippen LogP contribution in [0.25, 0.3) is 0 Å². The molecule has 0 aliphatic carbocycles. The fourth-order valence-corrected chi connectivity index (χ4v) is 14.4. The lowest BCUT2D eigenvalue weighted by Gasteiger charge is -2.21. The Morgan fingerprint density at radius 2 is 0.698 bits per heavy atom. The van der Waals surface area contributed by atoms with Crippen molar-refractivity contribution in [2.75, 3.05) is 11.5 Å². The van der Waals surface area contributed by atoms with Crippen molar-refractivity contribution in [3.63, 3.8) is 0 Å². The predicted octanol–water partition coefficient (Wildman–Crippen LogP) is -2.35. The molecule has 0 aromatic carbocycles. The van der Waals surface area contributed by atoms with E-state index in [0.29, 0.717) is 0 Å². The van der Waals surface area contributed by atoms with Crippen LogP contribution in [-0.2, 0) is 68.9 Å². The van der Waals surface area contributed by atoms with E-state index in [1.165, 1.54) is 0 Å². The van der Waals surface area contributed by atoms with Crippen molar-refractivity contribution in [3.8, 4) is 0 Å². The lowest BCUT2D eigenvalue weighted by molar-refractivity contribution is -0.143. The van der Waals surface area contributed by atoms with Crippen LogP contribution in [0.3, 0.4) is 0 Å². The molecule has 0 radical (unpaired) electrons. The summed E-state index contributed by atoms with van der Waals surface area (Å²) in [5.74, 6) is -6.29. The standard InChI is InChI=1S/C4H8O10P2.C3H8O8P2.C2H9O9P3.C2H8O6P2.CH2Cl2.O5P2/c5-3(6)1(15(9,10)11)2(4(7)8)16(12,13)14;4-2(5)1-3(12(6,7)8)13(9,10)11;3-12(4,5)1-2(13(6,7)8)14(9,10)11;1-2(9(3,4)5)10(6,7)8;2-1-3;1-6(2)5-7(3)4/h1-2H,(H,5,6)(H,7,8)(H2,9,10,11)(H2,12,13,14);3H,1H2,(H,4,5)(H2,6,7,8)(H2,9,10,11);2H,1H2,(H2,3,4,5)(H2,6,7,8)(H2,9,10,11);2H,1H3,(H2,3,4,5)(H2,6,7,8);1H2;/p+2. The van der Waals surface area contributed by atoms with E-state index in [-0.39, 0.29) is 5.34 Å². The highest BCUT2D eigenvalue weighted by Gasteiger charge is 2.54. The van der Waals surface area contributed by atoms with E-state index in [0.717, 1.165) is 6.92 Å². The van der Waals surface area contributed by atoms with Gasteiger partial charge in [0, 0.05) is 9.13 Å². The van der Waals surface area contributed by atoms with Gasteiger partial charge in [0.1, 0.15) is 0 Å². The largest absolute Gasteiger partial charge is 0.745 e. The monoisotopic (exact) mass is 1200 g/mol. The third-order valence-electron chi connectivity index (χ3n) is 4.95. The Morgan fingerprint density at radius 1 is 0.476 bits per heavy atom. The lowest BCUT2D eigenvalue weighted by Crippen LogP contribution is -2.39. The van der Waals surface area contributed by atoms with Gasteiger partial charge in [0.25, 0.3) is 0 Å². The predicted molar refractivity (Wildman–Crippen MR) is 203 cm³/mol. The average Bonchev–Trinajstić information content (AvgIpc) is 2.93. The van der Waals surface area contributed by atoms with E-state index in [4.69, 9.17) is 136 Å². The van der Waals surface area contributed by atoms with Gasteiger partial charge < -0.3 is 103 Å². The number of hydrogen-bond donors (Lipinski definition) is 23. The van der Waals surface area contributed by atoms with E-state index in [1.54, 1.807) is 0 Å².